The molecule has 0 saturated carbocycles. The summed E-state index contributed by atoms with van der Waals surface area (Å²) in [4.78, 5) is 9.59. The second-order valence-corrected chi connectivity index (χ2v) is 0.979. The Hall–Kier alpha value is -0.320. The molecule has 0 fully saturated rings. The van der Waals surface area contributed by atoms with E-state index in [1.807, 2.05) is 0 Å². The third-order valence-electron chi connectivity index (χ3n) is 0.258. The van der Waals surface area contributed by atoms with Crippen molar-refractivity contribution in [2.24, 2.45) is 11.7 Å². The minimum atomic E-state index is -0.738. The molecule has 0 unspecified atom stereocenters. The molecule has 0 atom stereocenters. The highest BCUT2D eigenvalue weighted by Crippen LogP contribution is 1.82. The predicted octanol–water partition coefficient (Wildman–Crippen LogP) is 0.201. The molecular weight excluding hydrogens is 131 g/mol. The number of ether oxygens (including phenoxy) is 1. The first-order valence-electron chi connectivity index (χ1n) is 1.93. The van der Waals surface area contributed by atoms with Crippen LogP contribution in [0.15, 0.2) is 0 Å². The molecule has 0 aliphatic carbocycles. The lowest BCUT2D eigenvalue weighted by molar-refractivity contribution is 0.180. The monoisotopic (exact) mass is 140 g/mol. The second-order valence-electron chi connectivity index (χ2n) is 0.671. The molecule has 0 saturated heterocycles. The van der Waals surface area contributed by atoms with Crippen molar-refractivity contribution >= 4 is 17.0 Å². The summed E-state index contributed by atoms with van der Waals surface area (Å²) in [7, 11) is 0. The molecule has 0 radical (unpaired) electrons. The molecule has 5 heteroatoms. The minimum absolute atomic E-state index is 0.350. The topological polar surface area (TPSA) is 78.3 Å². The van der Waals surface area contributed by atoms with Crippen molar-refractivity contribution in [3.05, 3.63) is 0 Å². The van der Waals surface area contributed by atoms with Crippen LogP contribution in [0.4, 0.5) is 4.79 Å². The highest BCUT2D eigenvalue weighted by molar-refractivity contribution is 6.61. The van der Waals surface area contributed by atoms with Gasteiger partial charge in [-0.05, 0) is 6.92 Å². The molecule has 0 heterocycles. The summed E-state index contributed by atoms with van der Waals surface area (Å²) in [5, 5.41) is 0. The van der Waals surface area contributed by atoms with E-state index >= 15 is 0 Å². The molecule has 50 valence electrons. The van der Waals surface area contributed by atoms with Crippen LogP contribution in [0, 0.1) is 0 Å². The summed E-state index contributed by atoms with van der Waals surface area (Å²) in [6.07, 6.45) is 0. The Morgan fingerprint density at radius 2 is 2.12 bits per heavy atom. The number of carbonyl (C=O) groups is 1. The fraction of sp³-hybridized carbons (Fsp3) is 0.667. The molecule has 0 aromatic rings. The van der Waals surface area contributed by atoms with Gasteiger partial charge in [0.05, 0.1) is 6.61 Å². The normalized spacial score (nSPS) is 6.50. The standard InChI is InChI=1S/C3H5ClO2.H4N2/c1-2-6-3(4)5;1-2/h2H2,1H3;1-2H2. The highest BCUT2D eigenvalue weighted by atomic mass is 35.5. The number of hydrogen-bond donors (Lipinski definition) is 2. The van der Waals surface area contributed by atoms with Crippen molar-refractivity contribution in [3.63, 3.8) is 0 Å². The van der Waals surface area contributed by atoms with Crippen molar-refractivity contribution in [2.75, 3.05) is 6.61 Å². The Morgan fingerprint density at radius 3 is 2.12 bits per heavy atom. The van der Waals surface area contributed by atoms with E-state index in [1.165, 1.54) is 0 Å². The van der Waals surface area contributed by atoms with Crippen LogP contribution in [0.25, 0.3) is 0 Å². The van der Waals surface area contributed by atoms with Gasteiger partial charge in [-0.1, -0.05) is 0 Å². The van der Waals surface area contributed by atoms with E-state index in [1.54, 1.807) is 6.92 Å². The summed E-state index contributed by atoms with van der Waals surface area (Å²) in [5.74, 6) is 8.00. The van der Waals surface area contributed by atoms with Crippen LogP contribution in [0.3, 0.4) is 0 Å². The van der Waals surface area contributed by atoms with Crippen molar-refractivity contribution in [3.8, 4) is 0 Å². The first-order chi connectivity index (χ1) is 3.77. The van der Waals surface area contributed by atoms with Gasteiger partial charge in [0.15, 0.2) is 0 Å². The summed E-state index contributed by atoms with van der Waals surface area (Å²) >= 11 is 4.72. The zero-order valence-electron chi connectivity index (χ0n) is 4.56. The number of nitrogens with two attached hydrogens (primary N) is 2. The van der Waals surface area contributed by atoms with E-state index in [9.17, 15) is 4.79 Å². The third kappa shape index (κ3) is 17.3. The summed E-state index contributed by atoms with van der Waals surface area (Å²) < 4.78 is 4.17. The van der Waals surface area contributed by atoms with Crippen LogP contribution in [0.2, 0.25) is 0 Å². The zero-order chi connectivity index (χ0) is 6.99. The molecule has 4 nitrogen and oxygen atoms in total. The smallest absolute Gasteiger partial charge is 0.403 e. The average Bonchev–Trinajstić information content (AvgIpc) is 1.72. The quantitative estimate of drug-likeness (QED) is 0.310. The van der Waals surface area contributed by atoms with Gasteiger partial charge in [0, 0.05) is 11.6 Å². The average molecular weight is 141 g/mol. The fourth-order valence-electron chi connectivity index (χ4n) is 0.113. The molecule has 0 bridgehead atoms. The van der Waals surface area contributed by atoms with Gasteiger partial charge in [0.25, 0.3) is 0 Å². The van der Waals surface area contributed by atoms with E-state index in [0.29, 0.717) is 6.61 Å². The largest absolute Gasteiger partial charge is 0.454 e. The molecule has 0 amide bonds. The first kappa shape index (κ1) is 10.6. The van der Waals surface area contributed by atoms with Gasteiger partial charge in [-0.15, -0.1) is 0 Å². The molecule has 4 N–H and O–H groups in total. The van der Waals surface area contributed by atoms with Crippen LogP contribution >= 0.6 is 11.6 Å². The highest BCUT2D eigenvalue weighted by Gasteiger charge is 1.85. The Labute approximate surface area is 52.7 Å². The van der Waals surface area contributed by atoms with Gasteiger partial charge in [-0.3, -0.25) is 11.7 Å². The number of halogens is 1. The van der Waals surface area contributed by atoms with Gasteiger partial charge in [0.1, 0.15) is 0 Å². The molecule has 0 aliphatic heterocycles. The van der Waals surface area contributed by atoms with Crippen LogP contribution in [0.5, 0.6) is 0 Å². The summed E-state index contributed by atoms with van der Waals surface area (Å²) in [6, 6.07) is 0. The third-order valence-corrected chi connectivity index (χ3v) is 0.367. The molecular formula is C3H9ClN2O2. The van der Waals surface area contributed by atoms with Gasteiger partial charge < -0.3 is 4.74 Å². The van der Waals surface area contributed by atoms with Crippen LogP contribution in [0.1, 0.15) is 6.92 Å². The number of rotatable bonds is 1. The minimum Gasteiger partial charge on any atom is -0.454 e. The second kappa shape index (κ2) is 9.84. The van der Waals surface area contributed by atoms with E-state index in [2.05, 4.69) is 16.4 Å². The predicted molar refractivity (Wildman–Crippen MR) is 31.2 cm³/mol. The number of hydrogen-bond acceptors (Lipinski definition) is 4. The maximum Gasteiger partial charge on any atom is 0.403 e. The van der Waals surface area contributed by atoms with E-state index in [0.717, 1.165) is 0 Å². The lowest BCUT2D eigenvalue weighted by atomic mass is 10.9. The van der Waals surface area contributed by atoms with E-state index < -0.39 is 5.43 Å². The molecule has 0 aliphatic rings. The van der Waals surface area contributed by atoms with Crippen molar-refractivity contribution in [1.29, 1.82) is 0 Å². The Balaban J connectivity index is 0. The first-order valence-corrected chi connectivity index (χ1v) is 2.30. The molecule has 0 rings (SSSR count). The maximum absolute atomic E-state index is 9.59. The molecule has 0 aromatic carbocycles. The van der Waals surface area contributed by atoms with Gasteiger partial charge in [-0.2, -0.15) is 0 Å². The van der Waals surface area contributed by atoms with Gasteiger partial charge >= 0.3 is 5.43 Å². The van der Waals surface area contributed by atoms with E-state index in [-0.39, 0.29) is 0 Å². The summed E-state index contributed by atoms with van der Waals surface area (Å²) in [6.45, 7) is 2.04. The number of hydrazine groups is 1. The SMILES string of the molecule is CCOC(=O)Cl.NN. The Kier molecular flexibility index (Phi) is 13.1. The van der Waals surface area contributed by atoms with Crippen LogP contribution in [-0.4, -0.2) is 12.0 Å². The van der Waals surface area contributed by atoms with Crippen LogP contribution < -0.4 is 11.7 Å². The molecule has 0 aromatic heterocycles. The maximum atomic E-state index is 9.59. The fourth-order valence-corrected chi connectivity index (χ4v) is 0.223. The summed E-state index contributed by atoms with van der Waals surface area (Å²) in [5.41, 5.74) is -0.738. The molecule has 0 spiro atoms. The van der Waals surface area contributed by atoms with E-state index in [4.69, 9.17) is 11.6 Å². The molecule has 8 heavy (non-hydrogen) atoms. The Morgan fingerprint density at radius 1 is 1.75 bits per heavy atom. The van der Waals surface area contributed by atoms with Crippen molar-refractivity contribution in [2.45, 2.75) is 6.92 Å². The van der Waals surface area contributed by atoms with Gasteiger partial charge in [-0.25, -0.2) is 4.79 Å². The van der Waals surface area contributed by atoms with Crippen molar-refractivity contribution < 1.29 is 9.53 Å². The Bertz CT molecular complexity index is 59.2. The number of carbonyl (C=O) groups excluding carboxylic acids is 1. The van der Waals surface area contributed by atoms with Crippen LogP contribution in [-0.2, 0) is 4.74 Å². The van der Waals surface area contributed by atoms with Gasteiger partial charge in [0.2, 0.25) is 0 Å². The lowest BCUT2D eigenvalue weighted by Gasteiger charge is -1.86. The zero-order valence-corrected chi connectivity index (χ0v) is 5.31. The van der Waals surface area contributed by atoms with Crippen molar-refractivity contribution in [1.82, 2.24) is 0 Å². The lowest BCUT2D eigenvalue weighted by Crippen LogP contribution is -2.02.